The molecule has 0 radical (unpaired) electrons. The summed E-state index contributed by atoms with van der Waals surface area (Å²) in [7, 11) is 0. The fourth-order valence-electron chi connectivity index (χ4n) is 1.63. The minimum atomic E-state index is 0.595. The summed E-state index contributed by atoms with van der Waals surface area (Å²) >= 11 is 0. The van der Waals surface area contributed by atoms with Crippen LogP contribution in [0.1, 0.15) is 18.2 Å². The molecule has 78 valence electrons. The van der Waals surface area contributed by atoms with Gasteiger partial charge in [-0.1, -0.05) is 23.4 Å². The van der Waals surface area contributed by atoms with Crippen LogP contribution in [-0.4, -0.2) is 17.8 Å². The van der Waals surface area contributed by atoms with Crippen molar-refractivity contribution in [3.05, 3.63) is 35.5 Å². The van der Waals surface area contributed by atoms with Crippen molar-refractivity contribution in [1.82, 2.24) is 4.98 Å². The van der Waals surface area contributed by atoms with Gasteiger partial charge < -0.3 is 9.82 Å². The summed E-state index contributed by atoms with van der Waals surface area (Å²) < 4.78 is 0. The molecule has 1 heterocycles. The van der Waals surface area contributed by atoms with E-state index in [-0.39, 0.29) is 0 Å². The molecule has 0 aliphatic rings. The second-order valence-corrected chi connectivity index (χ2v) is 3.36. The highest BCUT2D eigenvalue weighted by Gasteiger charge is 2.04. The van der Waals surface area contributed by atoms with Crippen LogP contribution in [0.3, 0.4) is 0 Å². The van der Waals surface area contributed by atoms with E-state index in [1.54, 1.807) is 6.21 Å². The van der Waals surface area contributed by atoms with Crippen molar-refractivity contribution < 1.29 is 4.84 Å². The molecule has 1 aromatic carbocycles. The molecule has 2 rings (SSSR count). The number of aromatic nitrogens is 1. The van der Waals surface area contributed by atoms with Crippen molar-refractivity contribution in [3.63, 3.8) is 0 Å². The summed E-state index contributed by atoms with van der Waals surface area (Å²) in [6.45, 7) is 4.55. The Labute approximate surface area is 88.7 Å². The molecule has 0 fully saturated rings. The van der Waals surface area contributed by atoms with E-state index in [4.69, 9.17) is 4.84 Å². The quantitative estimate of drug-likeness (QED) is 0.603. The van der Waals surface area contributed by atoms with Crippen molar-refractivity contribution >= 4 is 17.1 Å². The lowest BCUT2D eigenvalue weighted by Gasteiger charge is -1.93. The van der Waals surface area contributed by atoms with Crippen molar-refractivity contribution in [2.24, 2.45) is 5.16 Å². The molecule has 0 atom stereocenters. The number of rotatable bonds is 3. The third kappa shape index (κ3) is 1.86. The summed E-state index contributed by atoms with van der Waals surface area (Å²) in [5, 5.41) is 5.08. The van der Waals surface area contributed by atoms with Gasteiger partial charge in [0.2, 0.25) is 0 Å². The van der Waals surface area contributed by atoms with Gasteiger partial charge >= 0.3 is 0 Å². The van der Waals surface area contributed by atoms with E-state index >= 15 is 0 Å². The zero-order valence-corrected chi connectivity index (χ0v) is 8.95. The molecule has 2 aromatic rings. The third-order valence-electron chi connectivity index (χ3n) is 2.33. The van der Waals surface area contributed by atoms with E-state index in [9.17, 15) is 0 Å². The number of nitrogens with one attached hydrogen (secondary N) is 1. The van der Waals surface area contributed by atoms with Gasteiger partial charge in [-0.2, -0.15) is 0 Å². The average molecular weight is 202 g/mol. The van der Waals surface area contributed by atoms with Gasteiger partial charge in [0.15, 0.2) is 0 Å². The van der Waals surface area contributed by atoms with Crippen molar-refractivity contribution in [3.8, 4) is 0 Å². The summed E-state index contributed by atoms with van der Waals surface area (Å²) in [6, 6.07) is 8.17. The molecule has 0 saturated heterocycles. The molecule has 0 aliphatic carbocycles. The predicted octanol–water partition coefficient (Wildman–Crippen LogP) is 2.85. The molecule has 0 bridgehead atoms. The first-order valence-corrected chi connectivity index (χ1v) is 5.05. The highest BCUT2D eigenvalue weighted by molar-refractivity contribution is 6.00. The van der Waals surface area contributed by atoms with Crippen LogP contribution in [0.2, 0.25) is 0 Å². The average Bonchev–Trinajstić information content (AvgIpc) is 2.56. The smallest absolute Gasteiger partial charge is 0.114 e. The second-order valence-electron chi connectivity index (χ2n) is 3.36. The van der Waals surface area contributed by atoms with E-state index in [0.29, 0.717) is 6.61 Å². The number of hydrogen-bond donors (Lipinski definition) is 1. The largest absolute Gasteiger partial charge is 0.396 e. The van der Waals surface area contributed by atoms with Crippen LogP contribution in [0.15, 0.2) is 29.4 Å². The summed E-state index contributed by atoms with van der Waals surface area (Å²) in [6.07, 6.45) is 1.76. The normalized spacial score (nSPS) is 11.3. The Morgan fingerprint density at radius 2 is 2.20 bits per heavy atom. The van der Waals surface area contributed by atoms with Crippen molar-refractivity contribution in [1.29, 1.82) is 0 Å². The maximum absolute atomic E-state index is 4.97. The topological polar surface area (TPSA) is 37.4 Å². The van der Waals surface area contributed by atoms with Gasteiger partial charge in [0.05, 0.1) is 6.21 Å². The number of H-pyrrole nitrogens is 1. The van der Waals surface area contributed by atoms with Crippen molar-refractivity contribution in [2.45, 2.75) is 13.8 Å². The molecule has 1 N–H and O–H groups in total. The fourth-order valence-corrected chi connectivity index (χ4v) is 1.63. The Balaban J connectivity index is 2.45. The minimum absolute atomic E-state index is 0.595. The van der Waals surface area contributed by atoms with Gasteiger partial charge in [0.25, 0.3) is 0 Å². The van der Waals surface area contributed by atoms with Gasteiger partial charge in [-0.15, -0.1) is 0 Å². The molecule has 3 heteroatoms. The molecule has 0 saturated carbocycles. The first-order valence-electron chi connectivity index (χ1n) is 5.05. The van der Waals surface area contributed by atoms with E-state index < -0.39 is 0 Å². The van der Waals surface area contributed by atoms with E-state index in [2.05, 4.69) is 22.3 Å². The highest BCUT2D eigenvalue weighted by Crippen LogP contribution is 2.19. The number of benzene rings is 1. The Morgan fingerprint density at radius 1 is 1.40 bits per heavy atom. The maximum Gasteiger partial charge on any atom is 0.114 e. The highest BCUT2D eigenvalue weighted by atomic mass is 16.6. The molecule has 0 spiro atoms. The van der Waals surface area contributed by atoms with Crippen molar-refractivity contribution in [2.75, 3.05) is 6.61 Å². The lowest BCUT2D eigenvalue weighted by molar-refractivity contribution is 0.160. The van der Waals surface area contributed by atoms with E-state index in [1.165, 1.54) is 5.39 Å². The number of nitrogens with zero attached hydrogens (tertiary/aromatic N) is 1. The second kappa shape index (κ2) is 4.17. The number of hydrogen-bond acceptors (Lipinski definition) is 2. The number of aryl methyl sites for hydroxylation is 1. The molecule has 0 aliphatic heterocycles. The Bertz CT molecular complexity index is 485. The Hall–Kier alpha value is -1.77. The molecule has 1 aromatic heterocycles. The Morgan fingerprint density at radius 3 is 3.00 bits per heavy atom. The number of para-hydroxylation sites is 1. The van der Waals surface area contributed by atoms with Gasteiger partial charge in [0.1, 0.15) is 6.61 Å². The monoisotopic (exact) mass is 202 g/mol. The van der Waals surface area contributed by atoms with Gasteiger partial charge in [-0.3, -0.25) is 0 Å². The summed E-state index contributed by atoms with van der Waals surface area (Å²) in [5.74, 6) is 0. The fraction of sp³-hybridized carbons (Fsp3) is 0.250. The lowest BCUT2D eigenvalue weighted by Crippen LogP contribution is -1.85. The number of oxime groups is 1. The maximum atomic E-state index is 4.97. The van der Waals surface area contributed by atoms with Crippen LogP contribution in [-0.2, 0) is 4.84 Å². The molecular formula is C12H14N2O. The van der Waals surface area contributed by atoms with Crippen LogP contribution >= 0.6 is 0 Å². The summed E-state index contributed by atoms with van der Waals surface area (Å²) in [4.78, 5) is 8.27. The molecule has 0 amide bonds. The van der Waals surface area contributed by atoms with Gasteiger partial charge in [-0.05, 0) is 19.9 Å². The first kappa shape index (κ1) is 9.77. The van der Waals surface area contributed by atoms with Crippen LogP contribution in [0.5, 0.6) is 0 Å². The van der Waals surface area contributed by atoms with Gasteiger partial charge in [-0.25, -0.2) is 0 Å². The lowest BCUT2D eigenvalue weighted by atomic mass is 10.1. The van der Waals surface area contributed by atoms with Crippen LogP contribution in [0.25, 0.3) is 10.9 Å². The van der Waals surface area contributed by atoms with E-state index in [0.717, 1.165) is 16.8 Å². The summed E-state index contributed by atoms with van der Waals surface area (Å²) in [5.41, 5.74) is 3.34. The SMILES string of the molecule is CCO/N=C\c1c(C)[nH]c2ccccc12. The van der Waals surface area contributed by atoms with E-state index in [1.807, 2.05) is 26.0 Å². The molecular weight excluding hydrogens is 188 g/mol. The van der Waals surface area contributed by atoms with Gasteiger partial charge in [0, 0.05) is 22.2 Å². The molecule has 15 heavy (non-hydrogen) atoms. The minimum Gasteiger partial charge on any atom is -0.396 e. The third-order valence-corrected chi connectivity index (χ3v) is 2.33. The first-order chi connectivity index (χ1) is 7.33. The standard InChI is InChI=1S/C12H14N2O/c1-3-15-13-8-11-9(2)14-12-7-5-4-6-10(11)12/h4-8,14H,3H2,1-2H3/b13-8-. The van der Waals surface area contributed by atoms with Crippen LogP contribution < -0.4 is 0 Å². The predicted molar refractivity (Wildman–Crippen MR) is 62.3 cm³/mol. The number of fused-ring (bicyclic) bond motifs is 1. The molecule has 3 nitrogen and oxygen atoms in total. The zero-order chi connectivity index (χ0) is 10.7. The Kier molecular flexibility index (Phi) is 2.72. The number of aromatic amines is 1. The zero-order valence-electron chi connectivity index (χ0n) is 8.95. The van der Waals surface area contributed by atoms with Crippen LogP contribution in [0.4, 0.5) is 0 Å². The molecule has 0 unspecified atom stereocenters. The van der Waals surface area contributed by atoms with Crippen LogP contribution in [0, 0.1) is 6.92 Å².